The first-order chi connectivity index (χ1) is 12.1. The van der Waals surface area contributed by atoms with Crippen molar-refractivity contribution in [1.29, 1.82) is 0 Å². The van der Waals surface area contributed by atoms with Crippen molar-refractivity contribution >= 4 is 5.91 Å². The number of nitrogens with zero attached hydrogens (tertiary/aromatic N) is 2. The molecule has 1 amide bonds. The number of likely N-dealkylation sites (tertiary alicyclic amines) is 1. The number of aromatic nitrogens is 1. The van der Waals surface area contributed by atoms with Gasteiger partial charge in [0, 0.05) is 43.5 Å². The van der Waals surface area contributed by atoms with Crippen LogP contribution in [0.15, 0.2) is 42.7 Å². The molecule has 0 radical (unpaired) electrons. The average Bonchev–Trinajstić information content (AvgIpc) is 2.96. The molecule has 3 rings (SSSR count). The molecule has 0 bridgehead atoms. The van der Waals surface area contributed by atoms with Gasteiger partial charge in [0.15, 0.2) is 0 Å². The molecule has 4 nitrogen and oxygen atoms in total. The quantitative estimate of drug-likeness (QED) is 0.785. The third-order valence-electron chi connectivity index (χ3n) is 4.51. The zero-order chi connectivity index (χ0) is 17.6. The Kier molecular flexibility index (Phi) is 5.71. The third-order valence-corrected chi connectivity index (χ3v) is 4.51. The Morgan fingerprint density at radius 2 is 2.16 bits per heavy atom. The van der Waals surface area contributed by atoms with E-state index in [1.54, 1.807) is 11.1 Å². The maximum Gasteiger partial charge on any atom is 0.223 e. The molecule has 1 atom stereocenters. The molecular weight excluding hydrogens is 324 g/mol. The fourth-order valence-corrected chi connectivity index (χ4v) is 3.16. The van der Waals surface area contributed by atoms with Gasteiger partial charge in [0.05, 0.1) is 0 Å². The molecule has 0 spiro atoms. The molecule has 25 heavy (non-hydrogen) atoms. The second kappa shape index (κ2) is 8.16. The van der Waals surface area contributed by atoms with Gasteiger partial charge in [-0.25, -0.2) is 8.78 Å². The van der Waals surface area contributed by atoms with Crippen LogP contribution in [0.2, 0.25) is 0 Å². The lowest BCUT2D eigenvalue weighted by molar-refractivity contribution is -0.129. The van der Waals surface area contributed by atoms with E-state index in [9.17, 15) is 13.6 Å². The van der Waals surface area contributed by atoms with Crippen LogP contribution in [0.5, 0.6) is 0 Å². The van der Waals surface area contributed by atoms with Gasteiger partial charge in [-0.05, 0) is 49.2 Å². The molecule has 0 aliphatic carbocycles. The van der Waals surface area contributed by atoms with Crippen molar-refractivity contribution in [3.8, 4) is 0 Å². The van der Waals surface area contributed by atoms with Crippen LogP contribution in [-0.2, 0) is 17.9 Å². The number of hydrogen-bond acceptors (Lipinski definition) is 3. The van der Waals surface area contributed by atoms with Crippen molar-refractivity contribution in [3.05, 3.63) is 65.5 Å². The molecule has 1 fully saturated rings. The normalized spacial score (nSPS) is 17.3. The summed E-state index contributed by atoms with van der Waals surface area (Å²) in [6, 6.07) is 7.30. The molecule has 1 aromatic carbocycles. The number of benzene rings is 1. The number of nitrogens with one attached hydrogen (secondary N) is 1. The van der Waals surface area contributed by atoms with E-state index in [1.165, 1.54) is 6.07 Å². The molecule has 132 valence electrons. The summed E-state index contributed by atoms with van der Waals surface area (Å²) in [7, 11) is 0. The monoisotopic (exact) mass is 345 g/mol. The summed E-state index contributed by atoms with van der Waals surface area (Å²) in [4.78, 5) is 17.9. The largest absolute Gasteiger partial charge is 0.335 e. The van der Waals surface area contributed by atoms with Gasteiger partial charge in [0.25, 0.3) is 0 Å². The Morgan fingerprint density at radius 3 is 2.96 bits per heavy atom. The maximum atomic E-state index is 13.8. The third kappa shape index (κ3) is 4.60. The number of carbonyl (C=O) groups excluding carboxylic acids is 1. The smallest absolute Gasteiger partial charge is 0.223 e. The highest BCUT2D eigenvalue weighted by atomic mass is 19.1. The molecule has 2 heterocycles. The fourth-order valence-electron chi connectivity index (χ4n) is 3.16. The van der Waals surface area contributed by atoms with Crippen LogP contribution in [0.1, 0.15) is 30.4 Å². The fraction of sp³-hybridized carbons (Fsp3) is 0.368. The van der Waals surface area contributed by atoms with E-state index in [4.69, 9.17) is 0 Å². The molecule has 1 aromatic heterocycles. The zero-order valence-corrected chi connectivity index (χ0v) is 13.9. The molecule has 1 unspecified atom stereocenters. The Labute approximate surface area is 145 Å². The summed E-state index contributed by atoms with van der Waals surface area (Å²) in [5.41, 5.74) is 1.33. The highest BCUT2D eigenvalue weighted by Gasteiger charge is 2.31. The van der Waals surface area contributed by atoms with Crippen molar-refractivity contribution in [1.82, 2.24) is 15.2 Å². The van der Waals surface area contributed by atoms with Gasteiger partial charge in [0.1, 0.15) is 11.6 Å². The minimum atomic E-state index is -0.488. The SMILES string of the molecule is O=C1CCC(CCNCc2cccnc2)N1Cc1cc(F)ccc1F. The van der Waals surface area contributed by atoms with E-state index in [-0.39, 0.29) is 24.1 Å². The van der Waals surface area contributed by atoms with E-state index in [0.29, 0.717) is 13.0 Å². The minimum absolute atomic E-state index is 0.000852. The number of halogens is 2. The molecule has 2 aromatic rings. The second-order valence-electron chi connectivity index (χ2n) is 6.28. The molecule has 1 aliphatic heterocycles. The Balaban J connectivity index is 1.53. The van der Waals surface area contributed by atoms with Crippen molar-refractivity contribution in [3.63, 3.8) is 0 Å². The number of rotatable bonds is 7. The number of amides is 1. The first-order valence-electron chi connectivity index (χ1n) is 8.46. The topological polar surface area (TPSA) is 45.2 Å². The van der Waals surface area contributed by atoms with Crippen LogP contribution in [0, 0.1) is 11.6 Å². The Morgan fingerprint density at radius 1 is 1.28 bits per heavy atom. The van der Waals surface area contributed by atoms with Crippen molar-refractivity contribution in [2.24, 2.45) is 0 Å². The Bertz CT molecular complexity index is 724. The van der Waals surface area contributed by atoms with E-state index in [2.05, 4.69) is 10.3 Å². The van der Waals surface area contributed by atoms with Gasteiger partial charge in [-0.1, -0.05) is 6.07 Å². The van der Waals surface area contributed by atoms with Gasteiger partial charge >= 0.3 is 0 Å². The second-order valence-corrected chi connectivity index (χ2v) is 6.28. The van der Waals surface area contributed by atoms with Gasteiger partial charge in [-0.15, -0.1) is 0 Å². The summed E-state index contributed by atoms with van der Waals surface area (Å²) >= 11 is 0. The molecule has 1 aliphatic rings. The Hall–Kier alpha value is -2.34. The summed E-state index contributed by atoms with van der Waals surface area (Å²) in [6.07, 6.45) is 5.54. The predicted molar refractivity (Wildman–Crippen MR) is 90.5 cm³/mol. The molecular formula is C19H21F2N3O. The van der Waals surface area contributed by atoms with Crippen LogP contribution in [0.4, 0.5) is 8.78 Å². The lowest BCUT2D eigenvalue weighted by Crippen LogP contribution is -2.35. The zero-order valence-electron chi connectivity index (χ0n) is 13.9. The predicted octanol–water partition coefficient (Wildman–Crippen LogP) is 3.03. The highest BCUT2D eigenvalue weighted by Crippen LogP contribution is 2.24. The first kappa shape index (κ1) is 17.5. The van der Waals surface area contributed by atoms with Crippen molar-refractivity contribution in [2.45, 2.75) is 38.4 Å². The van der Waals surface area contributed by atoms with E-state index < -0.39 is 11.6 Å². The van der Waals surface area contributed by atoms with Gasteiger partial charge in [-0.3, -0.25) is 9.78 Å². The number of carbonyl (C=O) groups is 1. The van der Waals surface area contributed by atoms with Crippen LogP contribution < -0.4 is 5.32 Å². The van der Waals surface area contributed by atoms with Crippen LogP contribution in [-0.4, -0.2) is 28.4 Å². The van der Waals surface area contributed by atoms with Crippen molar-refractivity contribution in [2.75, 3.05) is 6.54 Å². The van der Waals surface area contributed by atoms with Crippen LogP contribution in [0.3, 0.4) is 0 Å². The first-order valence-corrected chi connectivity index (χ1v) is 8.46. The molecule has 1 N–H and O–H groups in total. The molecule has 0 saturated carbocycles. The lowest BCUT2D eigenvalue weighted by atomic mass is 10.1. The van der Waals surface area contributed by atoms with Crippen molar-refractivity contribution < 1.29 is 13.6 Å². The van der Waals surface area contributed by atoms with Gasteiger partial charge < -0.3 is 10.2 Å². The van der Waals surface area contributed by atoms with E-state index >= 15 is 0 Å². The molecule has 6 heteroatoms. The summed E-state index contributed by atoms with van der Waals surface area (Å²) < 4.78 is 27.2. The molecule has 1 saturated heterocycles. The minimum Gasteiger partial charge on any atom is -0.335 e. The summed E-state index contributed by atoms with van der Waals surface area (Å²) in [5.74, 6) is -0.965. The van der Waals surface area contributed by atoms with Gasteiger partial charge in [-0.2, -0.15) is 0 Å². The summed E-state index contributed by atoms with van der Waals surface area (Å²) in [6.45, 7) is 1.58. The van der Waals surface area contributed by atoms with E-state index in [1.807, 2.05) is 18.3 Å². The number of pyridine rings is 1. The standard InChI is InChI=1S/C19H21F2N3O/c20-16-3-5-18(21)15(10-16)13-24-17(4-6-19(24)25)7-9-23-12-14-2-1-8-22-11-14/h1-3,5,8,10-11,17,23H,4,6-7,9,12-13H2. The number of hydrogen-bond donors (Lipinski definition) is 1. The highest BCUT2D eigenvalue weighted by molar-refractivity contribution is 5.78. The lowest BCUT2D eigenvalue weighted by Gasteiger charge is -2.25. The average molecular weight is 345 g/mol. The van der Waals surface area contributed by atoms with Crippen LogP contribution in [0.25, 0.3) is 0 Å². The van der Waals surface area contributed by atoms with Gasteiger partial charge in [0.2, 0.25) is 5.91 Å². The van der Waals surface area contributed by atoms with Crippen LogP contribution >= 0.6 is 0 Å². The maximum absolute atomic E-state index is 13.8. The van der Waals surface area contributed by atoms with E-state index in [0.717, 1.165) is 37.1 Å². The summed E-state index contributed by atoms with van der Waals surface area (Å²) in [5, 5.41) is 3.34.